The number of benzene rings is 1. The van der Waals surface area contributed by atoms with Gasteiger partial charge in [0.05, 0.1) is 0 Å². The van der Waals surface area contributed by atoms with Crippen molar-refractivity contribution in [1.82, 2.24) is 15.2 Å². The zero-order valence-corrected chi connectivity index (χ0v) is 15.8. The van der Waals surface area contributed by atoms with Crippen LogP contribution < -0.4 is 5.32 Å². The second-order valence-corrected chi connectivity index (χ2v) is 6.80. The number of pyridine rings is 1. The number of amides is 1. The van der Waals surface area contributed by atoms with E-state index in [1.54, 1.807) is 6.20 Å². The second kappa shape index (κ2) is 8.84. The molecular formula is C19H25Cl2N3O. The molecule has 0 atom stereocenters. The number of piperidine rings is 1. The Hall–Kier alpha value is -1.36. The first kappa shape index (κ1) is 20.0. The number of fused-ring (bicyclic) bond motifs is 1. The third kappa shape index (κ3) is 4.63. The van der Waals surface area contributed by atoms with Gasteiger partial charge in [-0.25, -0.2) is 0 Å². The third-order valence-corrected chi connectivity index (χ3v) is 5.05. The van der Waals surface area contributed by atoms with E-state index in [9.17, 15) is 4.79 Å². The fraction of sp³-hybridized carbons (Fsp3) is 0.474. The largest absolute Gasteiger partial charge is 0.337 e. The molecule has 4 nitrogen and oxygen atoms in total. The average Bonchev–Trinajstić information content (AvgIpc) is 3.44. The van der Waals surface area contributed by atoms with E-state index >= 15 is 0 Å². The van der Waals surface area contributed by atoms with Gasteiger partial charge in [0.25, 0.3) is 5.91 Å². The van der Waals surface area contributed by atoms with Gasteiger partial charge < -0.3 is 10.2 Å². The maximum absolute atomic E-state index is 12.8. The van der Waals surface area contributed by atoms with Crippen molar-refractivity contribution in [3.63, 3.8) is 0 Å². The third-order valence-electron chi connectivity index (χ3n) is 5.05. The summed E-state index contributed by atoms with van der Waals surface area (Å²) in [5.74, 6) is 0.983. The van der Waals surface area contributed by atoms with Gasteiger partial charge in [-0.05, 0) is 49.6 Å². The number of carbonyl (C=O) groups is 1. The number of nitrogens with one attached hydrogen (secondary N) is 1. The molecule has 2 aromatic rings. The number of hydrogen-bond acceptors (Lipinski definition) is 3. The van der Waals surface area contributed by atoms with Gasteiger partial charge in [-0.2, -0.15) is 0 Å². The van der Waals surface area contributed by atoms with Crippen LogP contribution in [0, 0.1) is 5.92 Å². The van der Waals surface area contributed by atoms with Crippen molar-refractivity contribution in [2.45, 2.75) is 31.7 Å². The molecule has 0 unspecified atom stereocenters. The first-order valence-corrected chi connectivity index (χ1v) is 8.67. The molecule has 2 heterocycles. The SMILES string of the molecule is Cl.Cl.O=C(c1nccc2ccccc12)N1CCC(NCC2CC2)CC1. The molecule has 1 aliphatic heterocycles. The van der Waals surface area contributed by atoms with Gasteiger partial charge in [-0.3, -0.25) is 9.78 Å². The summed E-state index contributed by atoms with van der Waals surface area (Å²) in [4.78, 5) is 19.2. The summed E-state index contributed by atoms with van der Waals surface area (Å²) in [7, 11) is 0. The summed E-state index contributed by atoms with van der Waals surface area (Å²) in [5, 5.41) is 5.69. The fourth-order valence-electron chi connectivity index (χ4n) is 3.38. The molecule has 2 fully saturated rings. The van der Waals surface area contributed by atoms with Gasteiger partial charge >= 0.3 is 0 Å². The Morgan fingerprint density at radius 2 is 1.80 bits per heavy atom. The van der Waals surface area contributed by atoms with Crippen molar-refractivity contribution in [1.29, 1.82) is 0 Å². The summed E-state index contributed by atoms with van der Waals surface area (Å²) >= 11 is 0. The van der Waals surface area contributed by atoms with E-state index in [4.69, 9.17) is 0 Å². The summed E-state index contributed by atoms with van der Waals surface area (Å²) in [6, 6.07) is 10.5. The van der Waals surface area contributed by atoms with Crippen LogP contribution in [0.1, 0.15) is 36.2 Å². The Bertz CT molecular complexity index is 707. The molecule has 1 aromatic heterocycles. The highest BCUT2D eigenvalue weighted by Gasteiger charge is 2.27. The highest BCUT2D eigenvalue weighted by molar-refractivity contribution is 6.05. The summed E-state index contributed by atoms with van der Waals surface area (Å²) in [6.07, 6.45) is 6.60. The average molecular weight is 382 g/mol. The molecule has 1 saturated heterocycles. The van der Waals surface area contributed by atoms with Crippen LogP contribution in [0.4, 0.5) is 0 Å². The predicted octanol–water partition coefficient (Wildman–Crippen LogP) is 3.68. The van der Waals surface area contributed by atoms with Crippen molar-refractivity contribution >= 4 is 41.5 Å². The molecule has 1 saturated carbocycles. The first-order valence-electron chi connectivity index (χ1n) is 8.67. The number of likely N-dealkylation sites (tertiary alicyclic amines) is 1. The van der Waals surface area contributed by atoms with E-state index in [1.807, 2.05) is 35.2 Å². The maximum atomic E-state index is 12.8. The summed E-state index contributed by atoms with van der Waals surface area (Å²) in [6.45, 7) is 2.81. The molecule has 2 aliphatic rings. The number of nitrogens with zero attached hydrogens (tertiary/aromatic N) is 2. The number of carbonyl (C=O) groups excluding carboxylic acids is 1. The minimum absolute atomic E-state index is 0. The highest BCUT2D eigenvalue weighted by atomic mass is 35.5. The van der Waals surface area contributed by atoms with Crippen LogP contribution >= 0.6 is 24.8 Å². The molecule has 0 radical (unpaired) electrons. The Balaban J connectivity index is 0.00000113. The fourth-order valence-corrected chi connectivity index (χ4v) is 3.38. The number of rotatable bonds is 4. The summed E-state index contributed by atoms with van der Waals surface area (Å²) in [5.41, 5.74) is 0.590. The molecule has 4 rings (SSSR count). The van der Waals surface area contributed by atoms with Gasteiger partial charge in [0, 0.05) is 30.7 Å². The van der Waals surface area contributed by atoms with Crippen molar-refractivity contribution < 1.29 is 4.79 Å². The quantitative estimate of drug-likeness (QED) is 0.878. The second-order valence-electron chi connectivity index (χ2n) is 6.80. The molecule has 0 bridgehead atoms. The maximum Gasteiger partial charge on any atom is 0.273 e. The number of halogens is 2. The van der Waals surface area contributed by atoms with Crippen molar-refractivity contribution in [3.8, 4) is 0 Å². The Morgan fingerprint density at radius 3 is 2.52 bits per heavy atom. The van der Waals surface area contributed by atoms with Gasteiger partial charge in [-0.1, -0.05) is 24.3 Å². The van der Waals surface area contributed by atoms with Gasteiger partial charge in [-0.15, -0.1) is 24.8 Å². The molecule has 1 amide bonds. The van der Waals surface area contributed by atoms with Crippen molar-refractivity contribution in [2.24, 2.45) is 5.92 Å². The van der Waals surface area contributed by atoms with E-state index < -0.39 is 0 Å². The predicted molar refractivity (Wildman–Crippen MR) is 106 cm³/mol. The molecule has 1 aromatic carbocycles. The minimum Gasteiger partial charge on any atom is -0.337 e. The molecule has 1 aliphatic carbocycles. The van der Waals surface area contributed by atoms with E-state index in [-0.39, 0.29) is 30.7 Å². The van der Waals surface area contributed by atoms with E-state index in [2.05, 4.69) is 10.3 Å². The highest BCUT2D eigenvalue weighted by Crippen LogP contribution is 2.28. The topological polar surface area (TPSA) is 45.2 Å². The zero-order valence-electron chi connectivity index (χ0n) is 14.2. The van der Waals surface area contributed by atoms with E-state index in [1.165, 1.54) is 12.8 Å². The Labute approximate surface area is 161 Å². The first-order chi connectivity index (χ1) is 11.3. The van der Waals surface area contributed by atoms with E-state index in [0.717, 1.165) is 49.2 Å². The number of hydrogen-bond donors (Lipinski definition) is 1. The van der Waals surface area contributed by atoms with E-state index in [0.29, 0.717) is 11.7 Å². The lowest BCUT2D eigenvalue weighted by molar-refractivity contribution is 0.0701. The van der Waals surface area contributed by atoms with Crippen LogP contribution in [0.25, 0.3) is 10.8 Å². The van der Waals surface area contributed by atoms with Gasteiger partial charge in [0.15, 0.2) is 0 Å². The van der Waals surface area contributed by atoms with Crippen molar-refractivity contribution in [2.75, 3.05) is 19.6 Å². The smallest absolute Gasteiger partial charge is 0.273 e. The van der Waals surface area contributed by atoms with Gasteiger partial charge in [0.2, 0.25) is 0 Å². The van der Waals surface area contributed by atoms with Crippen LogP contribution in [-0.4, -0.2) is 41.5 Å². The van der Waals surface area contributed by atoms with Gasteiger partial charge in [0.1, 0.15) is 5.69 Å². The molecule has 136 valence electrons. The van der Waals surface area contributed by atoms with Crippen LogP contribution in [0.15, 0.2) is 36.5 Å². The van der Waals surface area contributed by atoms with Crippen molar-refractivity contribution in [3.05, 3.63) is 42.2 Å². The molecular weight excluding hydrogens is 357 g/mol. The molecule has 25 heavy (non-hydrogen) atoms. The Kier molecular flexibility index (Phi) is 7.05. The van der Waals surface area contributed by atoms with Crippen LogP contribution in [0.5, 0.6) is 0 Å². The lowest BCUT2D eigenvalue weighted by Crippen LogP contribution is -2.45. The molecule has 1 N–H and O–H groups in total. The van der Waals surface area contributed by atoms with Crippen LogP contribution in [0.3, 0.4) is 0 Å². The monoisotopic (exact) mass is 381 g/mol. The molecule has 0 spiro atoms. The lowest BCUT2D eigenvalue weighted by atomic mass is 10.0. The Morgan fingerprint density at radius 1 is 1.08 bits per heavy atom. The lowest BCUT2D eigenvalue weighted by Gasteiger charge is -2.32. The summed E-state index contributed by atoms with van der Waals surface area (Å²) < 4.78 is 0. The number of aromatic nitrogens is 1. The standard InChI is InChI=1S/C19H23N3O.2ClH/c23-19(18-17-4-2-1-3-15(17)7-10-20-18)22-11-8-16(9-12-22)21-13-14-5-6-14;;/h1-4,7,10,14,16,21H,5-6,8-9,11-13H2;2*1H. The van der Waals surface area contributed by atoms with Crippen LogP contribution in [0.2, 0.25) is 0 Å². The minimum atomic E-state index is 0. The van der Waals surface area contributed by atoms with Crippen LogP contribution in [-0.2, 0) is 0 Å². The molecule has 6 heteroatoms. The normalized spacial score (nSPS) is 17.7. The zero-order chi connectivity index (χ0) is 15.6.